The topological polar surface area (TPSA) is 68.0 Å². The summed E-state index contributed by atoms with van der Waals surface area (Å²) in [4.78, 5) is 15.8. The zero-order chi connectivity index (χ0) is 11.3. The lowest BCUT2D eigenvalue weighted by molar-refractivity contribution is -0.119. The molecule has 0 aromatic carbocycles. The van der Waals surface area contributed by atoms with Gasteiger partial charge in [-0.05, 0) is 6.42 Å². The smallest absolute Gasteiger partial charge is 0.228 e. The molecule has 1 amide bonds. The van der Waals surface area contributed by atoms with Gasteiger partial charge in [0.1, 0.15) is 0 Å². The molecule has 1 atom stereocenters. The molecule has 1 aromatic heterocycles. The maximum absolute atomic E-state index is 11.6. The average Bonchev–Trinajstić information content (AvgIpc) is 2.66. The third kappa shape index (κ3) is 3.60. The minimum absolute atomic E-state index is 0.0368. The van der Waals surface area contributed by atoms with Gasteiger partial charge in [-0.1, -0.05) is 20.3 Å². The highest BCUT2D eigenvalue weighted by Crippen LogP contribution is 2.16. The van der Waals surface area contributed by atoms with Crippen LogP contribution in [0.3, 0.4) is 0 Å². The Morgan fingerprint density at radius 1 is 1.73 bits per heavy atom. The van der Waals surface area contributed by atoms with Gasteiger partial charge in [-0.25, -0.2) is 4.98 Å². The summed E-state index contributed by atoms with van der Waals surface area (Å²) in [5.41, 5.74) is 6.25. The van der Waals surface area contributed by atoms with Crippen molar-refractivity contribution in [3.63, 3.8) is 0 Å². The zero-order valence-electron chi connectivity index (χ0n) is 9.12. The Bertz CT molecular complexity index is 324. The van der Waals surface area contributed by atoms with Crippen molar-refractivity contribution in [1.29, 1.82) is 0 Å². The number of nitrogens with zero attached hydrogens (tertiary/aromatic N) is 1. The Labute approximate surface area is 93.9 Å². The normalized spacial score (nSPS) is 12.5. The van der Waals surface area contributed by atoms with E-state index in [0.29, 0.717) is 11.7 Å². The number of thiazole rings is 1. The summed E-state index contributed by atoms with van der Waals surface area (Å²) in [6, 6.07) is 0. The summed E-state index contributed by atoms with van der Waals surface area (Å²) in [5.74, 6) is 0.0787. The maximum atomic E-state index is 11.6. The summed E-state index contributed by atoms with van der Waals surface area (Å²) in [7, 11) is 0. The molecule has 0 aliphatic carbocycles. The first-order valence-corrected chi connectivity index (χ1v) is 6.00. The Kier molecular flexibility index (Phi) is 4.71. The zero-order valence-corrected chi connectivity index (χ0v) is 9.93. The van der Waals surface area contributed by atoms with Gasteiger partial charge in [0.05, 0.1) is 5.69 Å². The second kappa shape index (κ2) is 5.82. The van der Waals surface area contributed by atoms with Crippen LogP contribution in [0.15, 0.2) is 5.38 Å². The standard InChI is InChI=1S/C10H17N3OS/c1-3-4-7(2)9(14)13-10-12-8(5-11)6-15-10/h6-7H,3-5,11H2,1-2H3,(H,12,13,14). The predicted octanol–water partition coefficient (Wildman–Crippen LogP) is 1.98. The number of hydrogen-bond acceptors (Lipinski definition) is 4. The number of aromatic nitrogens is 1. The molecule has 0 radical (unpaired) electrons. The van der Waals surface area contributed by atoms with Gasteiger partial charge in [0, 0.05) is 17.8 Å². The highest BCUT2D eigenvalue weighted by atomic mass is 32.1. The molecular formula is C10H17N3OS. The van der Waals surface area contributed by atoms with E-state index in [-0.39, 0.29) is 11.8 Å². The van der Waals surface area contributed by atoms with E-state index in [4.69, 9.17) is 5.73 Å². The molecule has 0 saturated heterocycles. The van der Waals surface area contributed by atoms with Crippen LogP contribution >= 0.6 is 11.3 Å². The van der Waals surface area contributed by atoms with Crippen LogP contribution in [0.5, 0.6) is 0 Å². The number of hydrogen-bond donors (Lipinski definition) is 2. The van der Waals surface area contributed by atoms with Crippen LogP contribution in [0, 0.1) is 5.92 Å². The van der Waals surface area contributed by atoms with Crippen molar-refractivity contribution in [3.05, 3.63) is 11.1 Å². The molecule has 0 fully saturated rings. The molecule has 5 heteroatoms. The van der Waals surface area contributed by atoms with Crippen LogP contribution in [-0.2, 0) is 11.3 Å². The molecular weight excluding hydrogens is 210 g/mol. The molecule has 1 aromatic rings. The van der Waals surface area contributed by atoms with Crippen LogP contribution in [0.1, 0.15) is 32.4 Å². The van der Waals surface area contributed by atoms with Crippen LogP contribution in [0.4, 0.5) is 5.13 Å². The van der Waals surface area contributed by atoms with Gasteiger partial charge in [0.2, 0.25) is 5.91 Å². The van der Waals surface area contributed by atoms with E-state index < -0.39 is 0 Å². The van der Waals surface area contributed by atoms with Crippen molar-refractivity contribution in [2.24, 2.45) is 11.7 Å². The van der Waals surface area contributed by atoms with Gasteiger partial charge in [0.15, 0.2) is 5.13 Å². The summed E-state index contributed by atoms with van der Waals surface area (Å²) < 4.78 is 0. The lowest BCUT2D eigenvalue weighted by Crippen LogP contribution is -2.20. The molecule has 0 spiro atoms. The van der Waals surface area contributed by atoms with Gasteiger partial charge in [-0.15, -0.1) is 11.3 Å². The van der Waals surface area contributed by atoms with Crippen molar-refractivity contribution in [3.8, 4) is 0 Å². The van der Waals surface area contributed by atoms with Crippen molar-refractivity contribution in [2.45, 2.75) is 33.2 Å². The van der Waals surface area contributed by atoms with E-state index >= 15 is 0 Å². The Morgan fingerprint density at radius 2 is 2.47 bits per heavy atom. The first kappa shape index (κ1) is 12.1. The highest BCUT2D eigenvalue weighted by Gasteiger charge is 2.13. The van der Waals surface area contributed by atoms with Gasteiger partial charge in [0.25, 0.3) is 0 Å². The molecule has 1 rings (SSSR count). The third-order valence-corrected chi connectivity index (χ3v) is 2.97. The van der Waals surface area contributed by atoms with E-state index in [2.05, 4.69) is 17.2 Å². The summed E-state index contributed by atoms with van der Waals surface area (Å²) >= 11 is 1.41. The molecule has 15 heavy (non-hydrogen) atoms. The number of amides is 1. The minimum atomic E-state index is 0.0368. The van der Waals surface area contributed by atoms with Crippen molar-refractivity contribution >= 4 is 22.4 Å². The van der Waals surface area contributed by atoms with Crippen LogP contribution in [-0.4, -0.2) is 10.9 Å². The van der Waals surface area contributed by atoms with E-state index in [1.807, 2.05) is 12.3 Å². The van der Waals surface area contributed by atoms with Crippen molar-refractivity contribution in [2.75, 3.05) is 5.32 Å². The molecule has 0 aliphatic heterocycles. The van der Waals surface area contributed by atoms with Crippen molar-refractivity contribution < 1.29 is 4.79 Å². The van der Waals surface area contributed by atoms with Crippen molar-refractivity contribution in [1.82, 2.24) is 4.98 Å². The molecule has 3 N–H and O–H groups in total. The fraction of sp³-hybridized carbons (Fsp3) is 0.600. The summed E-state index contributed by atoms with van der Waals surface area (Å²) in [6.45, 7) is 4.41. The van der Waals surface area contributed by atoms with Crippen LogP contribution in [0.2, 0.25) is 0 Å². The van der Waals surface area contributed by atoms with E-state index in [1.54, 1.807) is 0 Å². The molecule has 4 nitrogen and oxygen atoms in total. The quantitative estimate of drug-likeness (QED) is 0.808. The lowest BCUT2D eigenvalue weighted by Gasteiger charge is -2.08. The van der Waals surface area contributed by atoms with Gasteiger partial charge in [-0.2, -0.15) is 0 Å². The second-order valence-electron chi connectivity index (χ2n) is 3.53. The molecule has 0 bridgehead atoms. The summed E-state index contributed by atoms with van der Waals surface area (Å²) in [5, 5.41) is 5.30. The average molecular weight is 227 g/mol. The minimum Gasteiger partial charge on any atom is -0.325 e. The highest BCUT2D eigenvalue weighted by molar-refractivity contribution is 7.13. The Hall–Kier alpha value is -0.940. The monoisotopic (exact) mass is 227 g/mol. The number of nitrogens with one attached hydrogen (secondary N) is 1. The van der Waals surface area contributed by atoms with Gasteiger partial charge >= 0.3 is 0 Å². The molecule has 84 valence electrons. The fourth-order valence-corrected chi connectivity index (χ4v) is 1.98. The number of anilines is 1. The Balaban J connectivity index is 2.50. The molecule has 0 saturated carbocycles. The van der Waals surface area contributed by atoms with E-state index in [9.17, 15) is 4.79 Å². The molecule has 1 unspecified atom stereocenters. The lowest BCUT2D eigenvalue weighted by atomic mass is 10.1. The molecule has 1 heterocycles. The SMILES string of the molecule is CCCC(C)C(=O)Nc1nc(CN)cs1. The Morgan fingerprint density at radius 3 is 3.00 bits per heavy atom. The maximum Gasteiger partial charge on any atom is 0.228 e. The number of nitrogens with two attached hydrogens (primary N) is 1. The largest absolute Gasteiger partial charge is 0.325 e. The van der Waals surface area contributed by atoms with Gasteiger partial charge < -0.3 is 11.1 Å². The first-order chi connectivity index (χ1) is 7.17. The summed E-state index contributed by atoms with van der Waals surface area (Å²) in [6.07, 6.45) is 1.92. The fourth-order valence-electron chi connectivity index (χ4n) is 1.25. The predicted molar refractivity (Wildman–Crippen MR) is 62.7 cm³/mol. The molecule has 0 aliphatic rings. The first-order valence-electron chi connectivity index (χ1n) is 5.12. The number of carbonyl (C=O) groups excluding carboxylic acids is 1. The second-order valence-corrected chi connectivity index (χ2v) is 4.39. The number of rotatable bonds is 5. The van der Waals surface area contributed by atoms with Gasteiger partial charge in [-0.3, -0.25) is 4.79 Å². The van der Waals surface area contributed by atoms with Crippen LogP contribution in [0.25, 0.3) is 0 Å². The third-order valence-electron chi connectivity index (χ3n) is 2.16. The number of carbonyl (C=O) groups is 1. The van der Waals surface area contributed by atoms with E-state index in [0.717, 1.165) is 18.5 Å². The van der Waals surface area contributed by atoms with Crippen LogP contribution < -0.4 is 11.1 Å². The van der Waals surface area contributed by atoms with E-state index in [1.165, 1.54) is 11.3 Å².